The lowest BCUT2D eigenvalue weighted by Gasteiger charge is -2.03. The number of nitrogens with zero attached hydrogens (tertiary/aromatic N) is 2. The topological polar surface area (TPSA) is 67.6 Å². The number of pyridine rings is 1. The fourth-order valence-electron chi connectivity index (χ4n) is 1.74. The van der Waals surface area contributed by atoms with Gasteiger partial charge in [0.1, 0.15) is 5.52 Å². The van der Waals surface area contributed by atoms with Gasteiger partial charge in [0.25, 0.3) is 0 Å². The first-order valence-corrected chi connectivity index (χ1v) is 4.82. The molecule has 0 radical (unpaired) electrons. The molecule has 0 aliphatic rings. The molecule has 0 atom stereocenters. The second kappa shape index (κ2) is 2.84. The van der Waals surface area contributed by atoms with Crippen molar-refractivity contribution in [2.24, 2.45) is 0 Å². The van der Waals surface area contributed by atoms with E-state index in [0.717, 1.165) is 21.8 Å². The van der Waals surface area contributed by atoms with Crippen molar-refractivity contribution in [1.29, 1.82) is 0 Å². The summed E-state index contributed by atoms with van der Waals surface area (Å²) in [7, 11) is 0. The number of aromatic nitrogens is 3. The van der Waals surface area contributed by atoms with Crippen LogP contribution in [-0.4, -0.2) is 15.2 Å². The molecule has 2 aromatic heterocycles. The smallest absolute Gasteiger partial charge is 0.155 e. The van der Waals surface area contributed by atoms with Crippen molar-refractivity contribution in [1.82, 2.24) is 15.2 Å². The van der Waals surface area contributed by atoms with E-state index in [-0.39, 0.29) is 0 Å². The number of anilines is 1. The highest BCUT2D eigenvalue weighted by Gasteiger charge is 2.09. The van der Waals surface area contributed by atoms with Gasteiger partial charge >= 0.3 is 0 Å². The minimum atomic E-state index is 0.417. The van der Waals surface area contributed by atoms with Crippen LogP contribution in [0, 0.1) is 0 Å². The van der Waals surface area contributed by atoms with E-state index in [1.54, 1.807) is 6.20 Å². The fourth-order valence-corrected chi connectivity index (χ4v) is 1.97. The van der Waals surface area contributed by atoms with Gasteiger partial charge < -0.3 is 5.73 Å². The number of aromatic amines is 1. The molecule has 0 unspecified atom stereocenters. The van der Waals surface area contributed by atoms with E-state index in [2.05, 4.69) is 15.2 Å². The highest BCUT2D eigenvalue weighted by atomic mass is 35.5. The van der Waals surface area contributed by atoms with Crippen LogP contribution in [0.5, 0.6) is 0 Å². The molecule has 0 saturated carbocycles. The van der Waals surface area contributed by atoms with E-state index in [1.807, 2.05) is 18.2 Å². The van der Waals surface area contributed by atoms with E-state index >= 15 is 0 Å². The first-order valence-electron chi connectivity index (χ1n) is 4.44. The van der Waals surface area contributed by atoms with Crippen LogP contribution < -0.4 is 5.73 Å². The maximum atomic E-state index is 6.01. The van der Waals surface area contributed by atoms with Gasteiger partial charge in [0.2, 0.25) is 0 Å². The average molecular weight is 219 g/mol. The van der Waals surface area contributed by atoms with Gasteiger partial charge in [0.15, 0.2) is 5.15 Å². The number of nitrogen functional groups attached to an aromatic ring is 1. The lowest BCUT2D eigenvalue weighted by Crippen LogP contribution is -1.89. The lowest BCUT2D eigenvalue weighted by molar-refractivity contribution is 1.12. The Morgan fingerprint density at radius 1 is 1.33 bits per heavy atom. The van der Waals surface area contributed by atoms with Crippen LogP contribution in [-0.2, 0) is 0 Å². The van der Waals surface area contributed by atoms with Crippen LogP contribution in [0.2, 0.25) is 5.15 Å². The Kier molecular flexibility index (Phi) is 1.61. The number of hydrogen-bond acceptors (Lipinski definition) is 3. The largest absolute Gasteiger partial charge is 0.398 e. The normalized spacial score (nSPS) is 11.3. The number of rotatable bonds is 0. The van der Waals surface area contributed by atoms with Crippen molar-refractivity contribution in [3.63, 3.8) is 0 Å². The monoisotopic (exact) mass is 218 g/mol. The van der Waals surface area contributed by atoms with Crippen molar-refractivity contribution >= 4 is 39.1 Å². The molecule has 2 heterocycles. The maximum absolute atomic E-state index is 6.01. The summed E-state index contributed by atoms with van der Waals surface area (Å²) >= 11 is 6.01. The van der Waals surface area contributed by atoms with E-state index in [9.17, 15) is 0 Å². The zero-order valence-corrected chi connectivity index (χ0v) is 8.42. The molecular weight excluding hydrogens is 212 g/mol. The molecule has 4 nitrogen and oxygen atoms in total. The first-order chi connectivity index (χ1) is 7.27. The third-order valence-corrected chi connectivity index (χ3v) is 2.68. The van der Waals surface area contributed by atoms with Gasteiger partial charge in [0, 0.05) is 16.5 Å². The predicted octanol–water partition coefficient (Wildman–Crippen LogP) is 2.35. The number of nitrogens with two attached hydrogens (primary N) is 1. The number of fused-ring (bicyclic) bond motifs is 3. The van der Waals surface area contributed by atoms with Gasteiger partial charge in [-0.1, -0.05) is 17.7 Å². The number of hydrogen-bond donors (Lipinski definition) is 2. The number of nitrogens with one attached hydrogen (secondary N) is 1. The molecule has 0 bridgehead atoms. The molecule has 1 aromatic carbocycles. The van der Waals surface area contributed by atoms with Gasteiger partial charge in [-0.25, -0.2) is 4.98 Å². The molecule has 74 valence electrons. The number of benzene rings is 1. The zero-order valence-electron chi connectivity index (χ0n) is 7.66. The van der Waals surface area contributed by atoms with Crippen LogP contribution in [0.25, 0.3) is 21.8 Å². The summed E-state index contributed by atoms with van der Waals surface area (Å²) in [6, 6.07) is 5.57. The Morgan fingerprint density at radius 2 is 2.20 bits per heavy atom. The SMILES string of the molecule is Nc1cccc2nc(Cl)c3[nH]ncc3c12. The van der Waals surface area contributed by atoms with E-state index in [1.165, 1.54) is 0 Å². The summed E-state index contributed by atoms with van der Waals surface area (Å²) in [6.07, 6.45) is 1.71. The van der Waals surface area contributed by atoms with Gasteiger partial charge in [-0.2, -0.15) is 5.10 Å². The molecule has 15 heavy (non-hydrogen) atoms. The van der Waals surface area contributed by atoms with Gasteiger partial charge in [0.05, 0.1) is 11.7 Å². The van der Waals surface area contributed by atoms with Crippen LogP contribution in [0.1, 0.15) is 0 Å². The highest BCUT2D eigenvalue weighted by Crippen LogP contribution is 2.30. The van der Waals surface area contributed by atoms with Crippen molar-refractivity contribution in [2.75, 3.05) is 5.73 Å². The Bertz CT molecular complexity index is 659. The first kappa shape index (κ1) is 8.49. The van der Waals surface area contributed by atoms with Crippen LogP contribution in [0.4, 0.5) is 5.69 Å². The molecule has 3 rings (SSSR count). The molecule has 0 amide bonds. The minimum Gasteiger partial charge on any atom is -0.398 e. The molecule has 0 spiro atoms. The Hall–Kier alpha value is -1.81. The summed E-state index contributed by atoms with van der Waals surface area (Å²) in [5.41, 5.74) is 8.10. The van der Waals surface area contributed by atoms with Crippen molar-refractivity contribution in [2.45, 2.75) is 0 Å². The second-order valence-corrected chi connectivity index (χ2v) is 3.66. The van der Waals surface area contributed by atoms with Crippen LogP contribution in [0.15, 0.2) is 24.4 Å². The average Bonchev–Trinajstić information content (AvgIpc) is 2.66. The molecule has 0 aliphatic heterocycles. The van der Waals surface area contributed by atoms with Crippen molar-refractivity contribution in [3.8, 4) is 0 Å². The molecule has 0 saturated heterocycles. The molecular formula is C10H7ClN4. The minimum absolute atomic E-state index is 0.417. The summed E-state index contributed by atoms with van der Waals surface area (Å²) in [5, 5.41) is 8.97. The van der Waals surface area contributed by atoms with E-state index < -0.39 is 0 Å². The number of H-pyrrole nitrogens is 1. The lowest BCUT2D eigenvalue weighted by atomic mass is 10.1. The maximum Gasteiger partial charge on any atom is 0.155 e. The van der Waals surface area contributed by atoms with Gasteiger partial charge in [-0.3, -0.25) is 5.10 Å². The quantitative estimate of drug-likeness (QED) is 0.450. The molecule has 3 N–H and O–H groups in total. The molecule has 5 heteroatoms. The highest BCUT2D eigenvalue weighted by molar-refractivity contribution is 6.35. The summed E-state index contributed by atoms with van der Waals surface area (Å²) < 4.78 is 0. The van der Waals surface area contributed by atoms with Crippen molar-refractivity contribution in [3.05, 3.63) is 29.5 Å². The third kappa shape index (κ3) is 1.08. The van der Waals surface area contributed by atoms with Crippen molar-refractivity contribution < 1.29 is 0 Å². The molecule has 3 aromatic rings. The van der Waals surface area contributed by atoms with Gasteiger partial charge in [-0.05, 0) is 12.1 Å². The Labute approximate surface area is 90.1 Å². The summed E-state index contributed by atoms with van der Waals surface area (Å²) in [5.74, 6) is 0. The van der Waals surface area contributed by atoms with Crippen LogP contribution >= 0.6 is 11.6 Å². The van der Waals surface area contributed by atoms with E-state index in [4.69, 9.17) is 17.3 Å². The standard InChI is InChI=1S/C10H7ClN4/c11-10-9-5(4-13-15-9)8-6(12)2-1-3-7(8)14-10/h1-4H,12H2,(H,13,15). The van der Waals surface area contributed by atoms with Crippen LogP contribution in [0.3, 0.4) is 0 Å². The third-order valence-electron chi connectivity index (χ3n) is 2.41. The Balaban J connectivity index is 2.68. The van der Waals surface area contributed by atoms with Gasteiger partial charge in [-0.15, -0.1) is 0 Å². The van der Waals surface area contributed by atoms with E-state index in [0.29, 0.717) is 10.8 Å². The molecule has 0 aliphatic carbocycles. The predicted molar refractivity (Wildman–Crippen MR) is 60.8 cm³/mol. The zero-order chi connectivity index (χ0) is 10.4. The number of halogens is 1. The molecule has 0 fully saturated rings. The summed E-state index contributed by atoms with van der Waals surface area (Å²) in [6.45, 7) is 0. The summed E-state index contributed by atoms with van der Waals surface area (Å²) in [4.78, 5) is 4.25. The fraction of sp³-hybridized carbons (Fsp3) is 0. The second-order valence-electron chi connectivity index (χ2n) is 3.30. The Morgan fingerprint density at radius 3 is 3.07 bits per heavy atom.